The monoisotopic (exact) mass is 185 g/mol. The van der Waals surface area contributed by atoms with Gasteiger partial charge in [0.05, 0.1) is 0 Å². The van der Waals surface area contributed by atoms with Crippen LogP contribution in [0.4, 0.5) is 0 Å². The van der Waals surface area contributed by atoms with Gasteiger partial charge in [0.15, 0.2) is 0 Å². The number of piperidine rings is 1. The van der Waals surface area contributed by atoms with Crippen LogP contribution in [-0.2, 0) is 0 Å². The molecule has 0 saturated carbocycles. The fraction of sp³-hybridized carbons (Fsp3) is 1.00. The molecule has 78 valence electrons. The molecule has 1 heterocycles. The summed E-state index contributed by atoms with van der Waals surface area (Å²) >= 11 is 0. The predicted octanol–water partition coefficient (Wildman–Crippen LogP) is 0.411. The molecule has 0 aromatic heterocycles. The first kappa shape index (κ1) is 11.0. The lowest BCUT2D eigenvalue weighted by atomic mass is 10.1. The number of nitrogens with two attached hydrogens (primary N) is 1. The number of rotatable bonds is 6. The van der Waals surface area contributed by atoms with E-state index in [9.17, 15) is 0 Å². The zero-order chi connectivity index (χ0) is 9.36. The molecule has 0 unspecified atom stereocenters. The van der Waals surface area contributed by atoms with Gasteiger partial charge >= 0.3 is 0 Å². The Morgan fingerprint density at radius 1 is 1.08 bits per heavy atom. The molecule has 1 fully saturated rings. The number of nitrogens with zero attached hydrogens (tertiary/aromatic N) is 1. The second-order valence-electron chi connectivity index (χ2n) is 3.79. The highest BCUT2D eigenvalue weighted by Gasteiger charge is 2.08. The molecule has 3 nitrogen and oxygen atoms in total. The van der Waals surface area contributed by atoms with Crippen molar-refractivity contribution >= 4 is 0 Å². The van der Waals surface area contributed by atoms with Gasteiger partial charge < -0.3 is 16.0 Å². The fourth-order valence-corrected chi connectivity index (χ4v) is 1.77. The number of likely N-dealkylation sites (tertiary alicyclic amines) is 1. The van der Waals surface area contributed by atoms with Crippen molar-refractivity contribution in [1.29, 1.82) is 0 Å². The van der Waals surface area contributed by atoms with Crippen LogP contribution in [0.15, 0.2) is 0 Å². The van der Waals surface area contributed by atoms with E-state index in [0.717, 1.165) is 26.1 Å². The van der Waals surface area contributed by atoms with Crippen LogP contribution in [0.5, 0.6) is 0 Å². The van der Waals surface area contributed by atoms with Crippen LogP contribution in [0.3, 0.4) is 0 Å². The van der Waals surface area contributed by atoms with E-state index in [2.05, 4.69) is 10.2 Å². The Hall–Kier alpha value is -0.120. The van der Waals surface area contributed by atoms with Gasteiger partial charge in [0.1, 0.15) is 0 Å². The first-order valence-corrected chi connectivity index (χ1v) is 5.56. The van der Waals surface area contributed by atoms with E-state index in [-0.39, 0.29) is 0 Å². The predicted molar refractivity (Wildman–Crippen MR) is 56.8 cm³/mol. The average molecular weight is 185 g/mol. The zero-order valence-electron chi connectivity index (χ0n) is 8.60. The van der Waals surface area contributed by atoms with Crippen LogP contribution < -0.4 is 11.1 Å². The molecule has 1 rings (SSSR count). The molecular formula is C10H23N3. The fourth-order valence-electron chi connectivity index (χ4n) is 1.77. The molecule has 0 radical (unpaired) electrons. The zero-order valence-corrected chi connectivity index (χ0v) is 8.60. The van der Waals surface area contributed by atoms with E-state index in [1.54, 1.807) is 0 Å². The smallest absolute Gasteiger partial charge is 0.0107 e. The Kier molecular flexibility index (Phi) is 6.15. The third-order valence-electron chi connectivity index (χ3n) is 2.61. The van der Waals surface area contributed by atoms with Crippen molar-refractivity contribution in [1.82, 2.24) is 10.2 Å². The summed E-state index contributed by atoms with van der Waals surface area (Å²) < 4.78 is 0. The summed E-state index contributed by atoms with van der Waals surface area (Å²) in [7, 11) is 0. The number of nitrogens with one attached hydrogen (secondary N) is 1. The van der Waals surface area contributed by atoms with Crippen molar-refractivity contribution in [3.05, 3.63) is 0 Å². The summed E-state index contributed by atoms with van der Waals surface area (Å²) in [6.45, 7) is 6.82. The van der Waals surface area contributed by atoms with Crippen molar-refractivity contribution in [3.8, 4) is 0 Å². The maximum absolute atomic E-state index is 5.40. The van der Waals surface area contributed by atoms with E-state index in [1.807, 2.05) is 0 Å². The van der Waals surface area contributed by atoms with Crippen molar-refractivity contribution in [2.75, 3.05) is 39.3 Å². The third kappa shape index (κ3) is 5.24. The van der Waals surface area contributed by atoms with Crippen molar-refractivity contribution in [3.63, 3.8) is 0 Å². The molecule has 0 amide bonds. The summed E-state index contributed by atoms with van der Waals surface area (Å²) in [6, 6.07) is 0. The first-order chi connectivity index (χ1) is 6.43. The first-order valence-electron chi connectivity index (χ1n) is 5.56. The molecule has 3 heteroatoms. The maximum atomic E-state index is 5.40. The van der Waals surface area contributed by atoms with E-state index >= 15 is 0 Å². The van der Waals surface area contributed by atoms with Gasteiger partial charge in [-0.25, -0.2) is 0 Å². The highest BCUT2D eigenvalue weighted by molar-refractivity contribution is 4.65. The normalized spacial score (nSPS) is 19.2. The summed E-state index contributed by atoms with van der Waals surface area (Å²) in [5, 5.41) is 3.41. The lowest BCUT2D eigenvalue weighted by Crippen LogP contribution is -2.36. The van der Waals surface area contributed by atoms with E-state index in [1.165, 1.54) is 38.9 Å². The van der Waals surface area contributed by atoms with Crippen molar-refractivity contribution < 1.29 is 0 Å². The Morgan fingerprint density at radius 2 is 1.85 bits per heavy atom. The molecule has 3 N–H and O–H groups in total. The van der Waals surface area contributed by atoms with Crippen molar-refractivity contribution in [2.45, 2.75) is 25.7 Å². The van der Waals surface area contributed by atoms with Gasteiger partial charge in [-0.1, -0.05) is 6.42 Å². The van der Waals surface area contributed by atoms with Gasteiger partial charge in [-0.3, -0.25) is 0 Å². The standard InChI is InChI=1S/C10H23N3/c11-5-4-6-12-7-10-13-8-2-1-3-9-13/h12H,1-11H2. The minimum atomic E-state index is 0.802. The maximum Gasteiger partial charge on any atom is 0.0107 e. The van der Waals surface area contributed by atoms with Crippen LogP contribution >= 0.6 is 0 Å². The van der Waals surface area contributed by atoms with E-state index < -0.39 is 0 Å². The van der Waals surface area contributed by atoms with Gasteiger partial charge in [0, 0.05) is 13.1 Å². The number of hydrogen-bond acceptors (Lipinski definition) is 3. The Morgan fingerprint density at radius 3 is 2.54 bits per heavy atom. The average Bonchev–Trinajstić information content (AvgIpc) is 2.19. The highest BCUT2D eigenvalue weighted by Crippen LogP contribution is 2.06. The van der Waals surface area contributed by atoms with Crippen LogP contribution in [-0.4, -0.2) is 44.2 Å². The minimum Gasteiger partial charge on any atom is -0.330 e. The lowest BCUT2D eigenvalue weighted by molar-refractivity contribution is 0.229. The molecule has 0 bridgehead atoms. The largest absolute Gasteiger partial charge is 0.330 e. The summed E-state index contributed by atoms with van der Waals surface area (Å²) in [5.74, 6) is 0. The molecule has 1 aliphatic rings. The molecule has 0 aromatic rings. The van der Waals surface area contributed by atoms with Crippen LogP contribution in [0.1, 0.15) is 25.7 Å². The third-order valence-corrected chi connectivity index (χ3v) is 2.61. The van der Waals surface area contributed by atoms with Gasteiger partial charge in [-0.05, 0) is 45.4 Å². The van der Waals surface area contributed by atoms with Gasteiger partial charge in [0.2, 0.25) is 0 Å². The SMILES string of the molecule is NCCCNCCN1CCCCC1. The lowest BCUT2D eigenvalue weighted by Gasteiger charge is -2.26. The van der Waals surface area contributed by atoms with Crippen molar-refractivity contribution in [2.24, 2.45) is 5.73 Å². The van der Waals surface area contributed by atoms with Crippen LogP contribution in [0.25, 0.3) is 0 Å². The Balaban J connectivity index is 1.86. The van der Waals surface area contributed by atoms with Crippen LogP contribution in [0.2, 0.25) is 0 Å². The second-order valence-corrected chi connectivity index (χ2v) is 3.79. The Bertz CT molecular complexity index is 111. The second kappa shape index (κ2) is 7.30. The molecule has 13 heavy (non-hydrogen) atoms. The molecule has 0 atom stereocenters. The topological polar surface area (TPSA) is 41.3 Å². The molecule has 0 aromatic carbocycles. The summed E-state index contributed by atoms with van der Waals surface area (Å²) in [4.78, 5) is 2.55. The molecule has 0 aliphatic carbocycles. The minimum absolute atomic E-state index is 0.802. The quantitative estimate of drug-likeness (QED) is 0.589. The molecule has 1 saturated heterocycles. The van der Waals surface area contributed by atoms with E-state index in [4.69, 9.17) is 5.73 Å². The van der Waals surface area contributed by atoms with Gasteiger partial charge in [0.25, 0.3) is 0 Å². The van der Waals surface area contributed by atoms with Crippen LogP contribution in [0, 0.1) is 0 Å². The van der Waals surface area contributed by atoms with Gasteiger partial charge in [-0.15, -0.1) is 0 Å². The summed E-state index contributed by atoms with van der Waals surface area (Å²) in [5.41, 5.74) is 5.40. The highest BCUT2D eigenvalue weighted by atomic mass is 15.1. The van der Waals surface area contributed by atoms with E-state index in [0.29, 0.717) is 0 Å². The molecule has 1 aliphatic heterocycles. The Labute approximate surface area is 81.7 Å². The molecule has 0 spiro atoms. The number of hydrogen-bond donors (Lipinski definition) is 2. The van der Waals surface area contributed by atoms with Gasteiger partial charge in [-0.2, -0.15) is 0 Å². The molecular weight excluding hydrogens is 162 g/mol. The summed E-state index contributed by atoms with van der Waals surface area (Å²) in [6.07, 6.45) is 5.31.